The Morgan fingerprint density at radius 1 is 1.04 bits per heavy atom. The highest BCUT2D eigenvalue weighted by molar-refractivity contribution is 9.08. The van der Waals surface area contributed by atoms with Crippen LogP contribution in [-0.2, 0) is 16.7 Å². The molecule has 0 saturated carbocycles. The third-order valence-electron chi connectivity index (χ3n) is 3.07. The summed E-state index contributed by atoms with van der Waals surface area (Å²) < 4.78 is 5.12. The summed E-state index contributed by atoms with van der Waals surface area (Å²) in [6.45, 7) is 0.748. The summed E-state index contributed by atoms with van der Waals surface area (Å²) in [5.41, 5.74) is 3.16. The Hall–Kier alpha value is -2.25. The van der Waals surface area contributed by atoms with Crippen molar-refractivity contribution >= 4 is 22.0 Å². The van der Waals surface area contributed by atoms with Crippen molar-refractivity contribution in [1.82, 2.24) is 5.32 Å². The fourth-order valence-corrected chi connectivity index (χ4v) is 2.22. The van der Waals surface area contributed by atoms with Crippen LogP contribution in [0.15, 0.2) is 54.6 Å². The smallest absolute Gasteiger partial charge is 0.407 e. The predicted molar refractivity (Wildman–Crippen MR) is 95.2 cm³/mol. The van der Waals surface area contributed by atoms with Gasteiger partial charge in [-0.05, 0) is 23.3 Å². The Morgan fingerprint density at radius 3 is 2.48 bits per heavy atom. The molecule has 1 N–H and O–H groups in total. The number of carbonyl (C=O) groups excluding carboxylic acids is 1. The number of halogens is 1. The van der Waals surface area contributed by atoms with Crippen LogP contribution in [-0.4, -0.2) is 12.6 Å². The van der Waals surface area contributed by atoms with E-state index in [4.69, 9.17) is 4.74 Å². The van der Waals surface area contributed by atoms with E-state index in [0.717, 1.165) is 16.5 Å². The number of carbonyl (C=O) groups is 1. The van der Waals surface area contributed by atoms with Crippen LogP contribution in [0.4, 0.5) is 4.79 Å². The summed E-state index contributed by atoms with van der Waals surface area (Å²) in [4.78, 5) is 11.5. The third kappa shape index (κ3) is 6.58. The van der Waals surface area contributed by atoms with Crippen LogP contribution in [0.2, 0.25) is 0 Å². The summed E-state index contributed by atoms with van der Waals surface area (Å²) in [5, 5.41) is 3.53. The first-order chi connectivity index (χ1) is 11.3. The van der Waals surface area contributed by atoms with Gasteiger partial charge in [-0.3, -0.25) is 0 Å². The molecule has 2 aromatic rings. The van der Waals surface area contributed by atoms with Crippen LogP contribution in [0.25, 0.3) is 0 Å². The van der Waals surface area contributed by atoms with Crippen LogP contribution < -0.4 is 5.32 Å². The Kier molecular flexibility index (Phi) is 7.22. The van der Waals surface area contributed by atoms with E-state index in [1.54, 1.807) is 0 Å². The van der Waals surface area contributed by atoms with Crippen LogP contribution in [0.1, 0.15) is 23.1 Å². The second-order valence-electron chi connectivity index (χ2n) is 4.87. The summed E-state index contributed by atoms with van der Waals surface area (Å²) in [5.74, 6) is 6.11. The molecule has 2 aromatic carbocycles. The summed E-state index contributed by atoms with van der Waals surface area (Å²) in [6.07, 6.45) is 0.165. The summed E-state index contributed by atoms with van der Waals surface area (Å²) in [6, 6.07) is 17.6. The van der Waals surface area contributed by atoms with Gasteiger partial charge in [-0.25, -0.2) is 4.79 Å². The molecular weight excluding hydrogens is 354 g/mol. The molecule has 0 unspecified atom stereocenters. The lowest BCUT2D eigenvalue weighted by molar-refractivity contribution is 0.140. The minimum Gasteiger partial charge on any atom is -0.445 e. The van der Waals surface area contributed by atoms with Crippen molar-refractivity contribution in [3.05, 3.63) is 71.3 Å². The third-order valence-corrected chi connectivity index (χ3v) is 3.72. The molecule has 2 rings (SSSR count). The molecule has 0 aliphatic rings. The molecule has 0 atom stereocenters. The zero-order valence-corrected chi connectivity index (χ0v) is 14.3. The van der Waals surface area contributed by atoms with Crippen molar-refractivity contribution in [2.75, 3.05) is 6.54 Å². The Balaban J connectivity index is 1.65. The van der Waals surface area contributed by atoms with Gasteiger partial charge in [-0.15, -0.1) is 0 Å². The van der Waals surface area contributed by atoms with E-state index >= 15 is 0 Å². The van der Waals surface area contributed by atoms with Crippen LogP contribution >= 0.6 is 15.9 Å². The highest BCUT2D eigenvalue weighted by Crippen LogP contribution is 2.06. The molecule has 0 spiro atoms. The molecule has 0 bridgehead atoms. The van der Waals surface area contributed by atoms with Gasteiger partial charge in [0.15, 0.2) is 0 Å². The molecule has 0 heterocycles. The quantitative estimate of drug-likeness (QED) is 0.484. The lowest BCUT2D eigenvalue weighted by atomic mass is 10.1. The lowest BCUT2D eigenvalue weighted by Crippen LogP contribution is -2.24. The number of benzene rings is 2. The second-order valence-corrected chi connectivity index (χ2v) is 5.43. The maximum atomic E-state index is 11.5. The lowest BCUT2D eigenvalue weighted by Gasteiger charge is -2.05. The second kappa shape index (κ2) is 9.70. The first kappa shape index (κ1) is 17.1. The van der Waals surface area contributed by atoms with Gasteiger partial charge >= 0.3 is 6.09 Å². The van der Waals surface area contributed by atoms with Gasteiger partial charge in [0, 0.05) is 23.9 Å². The molecule has 0 radical (unpaired) electrons. The maximum Gasteiger partial charge on any atom is 0.407 e. The fourth-order valence-electron chi connectivity index (χ4n) is 1.84. The number of hydrogen-bond donors (Lipinski definition) is 1. The molecular formula is C19H18BrNO2. The van der Waals surface area contributed by atoms with Crippen molar-refractivity contribution in [2.24, 2.45) is 0 Å². The number of alkyl carbamates (subject to hydrolysis) is 1. The SMILES string of the molecule is O=C(NCCC#Cc1ccc(CBr)cc1)OCc1ccccc1. The van der Waals surface area contributed by atoms with E-state index in [1.807, 2.05) is 54.6 Å². The number of amides is 1. The van der Waals surface area contributed by atoms with Crippen molar-refractivity contribution < 1.29 is 9.53 Å². The van der Waals surface area contributed by atoms with E-state index < -0.39 is 6.09 Å². The molecule has 23 heavy (non-hydrogen) atoms. The minimum atomic E-state index is -0.419. The van der Waals surface area contributed by atoms with Gasteiger partial charge in [-0.1, -0.05) is 70.2 Å². The number of ether oxygens (including phenoxy) is 1. The monoisotopic (exact) mass is 371 g/mol. The molecule has 1 amide bonds. The van der Waals surface area contributed by atoms with Gasteiger partial charge in [0.25, 0.3) is 0 Å². The molecule has 118 valence electrons. The Labute approximate surface area is 145 Å². The largest absolute Gasteiger partial charge is 0.445 e. The highest BCUT2D eigenvalue weighted by atomic mass is 79.9. The van der Waals surface area contributed by atoms with E-state index in [-0.39, 0.29) is 6.61 Å². The fraction of sp³-hybridized carbons (Fsp3) is 0.211. The maximum absolute atomic E-state index is 11.5. The molecule has 0 fully saturated rings. The van der Waals surface area contributed by atoms with E-state index in [0.29, 0.717) is 13.0 Å². The van der Waals surface area contributed by atoms with Crippen LogP contribution in [0.5, 0.6) is 0 Å². The number of hydrogen-bond acceptors (Lipinski definition) is 2. The van der Waals surface area contributed by atoms with E-state index in [2.05, 4.69) is 33.1 Å². The summed E-state index contributed by atoms with van der Waals surface area (Å²) in [7, 11) is 0. The van der Waals surface area contributed by atoms with Gasteiger partial charge in [0.2, 0.25) is 0 Å². The van der Waals surface area contributed by atoms with Gasteiger partial charge in [-0.2, -0.15) is 0 Å². The van der Waals surface area contributed by atoms with E-state index in [1.165, 1.54) is 5.56 Å². The minimum absolute atomic E-state index is 0.276. The van der Waals surface area contributed by atoms with Crippen LogP contribution in [0.3, 0.4) is 0 Å². The summed E-state index contributed by atoms with van der Waals surface area (Å²) >= 11 is 3.41. The first-order valence-corrected chi connectivity index (χ1v) is 8.48. The van der Waals surface area contributed by atoms with Gasteiger partial charge < -0.3 is 10.1 Å². The number of alkyl halides is 1. The molecule has 0 saturated heterocycles. The normalized spacial score (nSPS) is 9.61. The van der Waals surface area contributed by atoms with Crippen molar-refractivity contribution in [3.63, 3.8) is 0 Å². The Morgan fingerprint density at radius 2 is 1.78 bits per heavy atom. The average Bonchev–Trinajstić information content (AvgIpc) is 2.61. The molecule has 3 nitrogen and oxygen atoms in total. The molecule has 0 aliphatic carbocycles. The topological polar surface area (TPSA) is 38.3 Å². The average molecular weight is 372 g/mol. The number of nitrogens with one attached hydrogen (secondary N) is 1. The highest BCUT2D eigenvalue weighted by Gasteiger charge is 2.00. The molecule has 4 heteroatoms. The van der Waals surface area contributed by atoms with E-state index in [9.17, 15) is 4.79 Å². The molecule has 0 aromatic heterocycles. The van der Waals surface area contributed by atoms with Crippen molar-refractivity contribution in [1.29, 1.82) is 0 Å². The van der Waals surface area contributed by atoms with Crippen LogP contribution in [0, 0.1) is 11.8 Å². The number of rotatable bonds is 5. The van der Waals surface area contributed by atoms with Crippen molar-refractivity contribution in [2.45, 2.75) is 18.4 Å². The standard InChI is InChI=1S/C19H18BrNO2/c20-14-17-11-9-16(10-12-17)6-4-5-13-21-19(22)23-15-18-7-2-1-3-8-18/h1-3,7-12H,5,13-15H2,(H,21,22). The molecule has 0 aliphatic heterocycles. The zero-order valence-electron chi connectivity index (χ0n) is 12.7. The Bertz CT molecular complexity index is 672. The van der Waals surface area contributed by atoms with Gasteiger partial charge in [0.05, 0.1) is 0 Å². The van der Waals surface area contributed by atoms with Crippen molar-refractivity contribution in [3.8, 4) is 11.8 Å². The zero-order chi connectivity index (χ0) is 16.3. The predicted octanol–water partition coefficient (Wildman–Crippen LogP) is 4.25. The van der Waals surface area contributed by atoms with Gasteiger partial charge in [0.1, 0.15) is 6.61 Å². The first-order valence-electron chi connectivity index (χ1n) is 7.36.